The lowest BCUT2D eigenvalue weighted by molar-refractivity contribution is 0.0524. The molecule has 154 valence electrons. The monoisotopic (exact) mass is 404 g/mol. The number of fused-ring (bicyclic) bond motifs is 2. The number of H-pyrrole nitrogens is 1. The molecule has 0 spiro atoms. The number of nitrogens with one attached hydrogen (secondary N) is 2. The van der Waals surface area contributed by atoms with Crippen LogP contribution < -0.4 is 10.2 Å². The highest BCUT2D eigenvalue weighted by molar-refractivity contribution is 5.80. The maximum Gasteiger partial charge on any atom is 0.182 e. The van der Waals surface area contributed by atoms with Crippen LogP contribution in [0, 0.1) is 5.92 Å². The van der Waals surface area contributed by atoms with Gasteiger partial charge < -0.3 is 25.4 Å². The van der Waals surface area contributed by atoms with Crippen molar-refractivity contribution in [1.82, 2.24) is 19.9 Å². The molecule has 5 rings (SSSR count). The Balaban J connectivity index is 1.34. The number of rotatable bonds is 5. The molecule has 0 unspecified atom stereocenters. The Hall–Kier alpha value is -3.23. The van der Waals surface area contributed by atoms with E-state index in [1.54, 1.807) is 6.20 Å². The Morgan fingerprint density at radius 1 is 1.17 bits per heavy atom. The summed E-state index contributed by atoms with van der Waals surface area (Å²) in [5, 5.41) is 24.0. The van der Waals surface area contributed by atoms with Gasteiger partial charge in [-0.05, 0) is 41.6 Å². The fourth-order valence-electron chi connectivity index (χ4n) is 3.95. The summed E-state index contributed by atoms with van der Waals surface area (Å²) in [6.45, 7) is 1.87. The van der Waals surface area contributed by atoms with Crippen molar-refractivity contribution in [3.05, 3.63) is 54.4 Å². The SMILES string of the molecule is OC[C@H]1CN(c2ccc3ncc(NCc4ccc5cc[nH]c5c4)nc3n2)CC[C@H]1O. The zero-order chi connectivity index (χ0) is 20.5. The van der Waals surface area contributed by atoms with Gasteiger partial charge in [0.25, 0.3) is 0 Å². The molecule has 4 N–H and O–H groups in total. The lowest BCUT2D eigenvalue weighted by Crippen LogP contribution is -2.45. The standard InChI is InChI=1S/C22H24N6O2/c29-13-16-12-28(8-6-19(16)30)21-4-3-17-22(27-21)26-20(11-24-17)25-10-14-1-2-15-5-7-23-18(15)9-14/h1-5,7,9,11,16,19,23,29-30H,6,8,10,12-13H2,(H,25,26,27)/t16-,19-/m1/s1. The number of aliphatic hydroxyl groups excluding tert-OH is 2. The quantitative estimate of drug-likeness (QED) is 0.404. The first-order valence-electron chi connectivity index (χ1n) is 10.2. The summed E-state index contributed by atoms with van der Waals surface area (Å²) >= 11 is 0. The largest absolute Gasteiger partial charge is 0.396 e. The molecule has 8 heteroatoms. The van der Waals surface area contributed by atoms with Gasteiger partial charge in [0, 0.05) is 37.3 Å². The summed E-state index contributed by atoms with van der Waals surface area (Å²) < 4.78 is 0. The molecule has 0 amide bonds. The summed E-state index contributed by atoms with van der Waals surface area (Å²) in [6.07, 6.45) is 3.80. The van der Waals surface area contributed by atoms with Crippen LogP contribution in [0.2, 0.25) is 0 Å². The Morgan fingerprint density at radius 3 is 3.00 bits per heavy atom. The van der Waals surface area contributed by atoms with Gasteiger partial charge >= 0.3 is 0 Å². The minimum atomic E-state index is -0.465. The fraction of sp³-hybridized carbons (Fsp3) is 0.318. The predicted octanol–water partition coefficient (Wildman–Crippen LogP) is 2.30. The molecular formula is C22H24N6O2. The topological polar surface area (TPSA) is 110 Å². The van der Waals surface area contributed by atoms with Gasteiger partial charge in [-0.2, -0.15) is 0 Å². The van der Waals surface area contributed by atoms with E-state index in [0.717, 1.165) is 22.4 Å². The van der Waals surface area contributed by atoms with Gasteiger partial charge in [0.15, 0.2) is 5.65 Å². The van der Waals surface area contributed by atoms with E-state index in [1.807, 2.05) is 18.3 Å². The minimum Gasteiger partial charge on any atom is -0.396 e. The van der Waals surface area contributed by atoms with Crippen LogP contribution in [0.4, 0.5) is 11.6 Å². The van der Waals surface area contributed by atoms with Crippen molar-refractivity contribution in [3.8, 4) is 0 Å². The predicted molar refractivity (Wildman–Crippen MR) is 116 cm³/mol. The Bertz CT molecular complexity index is 1180. The van der Waals surface area contributed by atoms with E-state index in [4.69, 9.17) is 0 Å². The number of hydrogen-bond donors (Lipinski definition) is 4. The van der Waals surface area contributed by atoms with Crippen LogP contribution in [0.25, 0.3) is 22.1 Å². The van der Waals surface area contributed by atoms with E-state index in [0.29, 0.717) is 37.5 Å². The van der Waals surface area contributed by atoms with Gasteiger partial charge in [0.05, 0.1) is 18.9 Å². The number of aromatic nitrogens is 4. The molecule has 0 bridgehead atoms. The first-order valence-corrected chi connectivity index (χ1v) is 10.2. The van der Waals surface area contributed by atoms with Crippen LogP contribution in [-0.2, 0) is 6.54 Å². The molecule has 0 aliphatic carbocycles. The third-order valence-electron chi connectivity index (χ3n) is 5.74. The van der Waals surface area contributed by atoms with E-state index in [2.05, 4.69) is 54.4 Å². The average Bonchev–Trinajstić information content (AvgIpc) is 3.25. The van der Waals surface area contributed by atoms with E-state index in [9.17, 15) is 10.2 Å². The molecule has 30 heavy (non-hydrogen) atoms. The van der Waals surface area contributed by atoms with E-state index in [1.165, 1.54) is 5.39 Å². The van der Waals surface area contributed by atoms with Crippen LogP contribution >= 0.6 is 0 Å². The van der Waals surface area contributed by atoms with Crippen molar-refractivity contribution >= 4 is 33.7 Å². The maximum atomic E-state index is 10.0. The molecule has 8 nitrogen and oxygen atoms in total. The summed E-state index contributed by atoms with van der Waals surface area (Å²) in [7, 11) is 0. The first-order chi connectivity index (χ1) is 14.7. The molecule has 2 atom stereocenters. The normalized spacial score (nSPS) is 19.5. The number of anilines is 2. The highest BCUT2D eigenvalue weighted by atomic mass is 16.3. The smallest absolute Gasteiger partial charge is 0.182 e. The van der Waals surface area contributed by atoms with Crippen molar-refractivity contribution in [2.75, 3.05) is 29.9 Å². The number of aromatic amines is 1. The molecule has 1 aliphatic rings. The van der Waals surface area contributed by atoms with Gasteiger partial charge in [0.1, 0.15) is 17.2 Å². The van der Waals surface area contributed by atoms with Crippen molar-refractivity contribution in [1.29, 1.82) is 0 Å². The van der Waals surface area contributed by atoms with Crippen LogP contribution in [0.15, 0.2) is 48.8 Å². The number of pyridine rings is 1. The number of benzene rings is 1. The van der Waals surface area contributed by atoms with Gasteiger partial charge in [-0.25, -0.2) is 15.0 Å². The van der Waals surface area contributed by atoms with Crippen molar-refractivity contribution < 1.29 is 10.2 Å². The van der Waals surface area contributed by atoms with Crippen molar-refractivity contribution in [3.63, 3.8) is 0 Å². The van der Waals surface area contributed by atoms with E-state index in [-0.39, 0.29) is 12.5 Å². The van der Waals surface area contributed by atoms with Crippen LogP contribution in [0.3, 0.4) is 0 Å². The molecule has 1 saturated heterocycles. The first kappa shape index (κ1) is 18.8. The molecule has 0 radical (unpaired) electrons. The summed E-state index contributed by atoms with van der Waals surface area (Å²) in [5.74, 6) is 1.30. The second-order valence-corrected chi connectivity index (χ2v) is 7.76. The average molecular weight is 404 g/mol. The van der Waals surface area contributed by atoms with Crippen molar-refractivity contribution in [2.24, 2.45) is 5.92 Å². The number of piperidine rings is 1. The summed E-state index contributed by atoms with van der Waals surface area (Å²) in [6, 6.07) is 12.2. The maximum absolute atomic E-state index is 10.0. The third-order valence-corrected chi connectivity index (χ3v) is 5.74. The molecule has 0 saturated carbocycles. The molecular weight excluding hydrogens is 380 g/mol. The van der Waals surface area contributed by atoms with E-state index < -0.39 is 6.10 Å². The highest BCUT2D eigenvalue weighted by Crippen LogP contribution is 2.24. The molecule has 4 heterocycles. The Morgan fingerprint density at radius 2 is 2.10 bits per heavy atom. The van der Waals surface area contributed by atoms with Gasteiger partial charge in [0.2, 0.25) is 0 Å². The second-order valence-electron chi connectivity index (χ2n) is 7.76. The third kappa shape index (κ3) is 3.67. The Kier molecular flexibility index (Phi) is 4.94. The minimum absolute atomic E-state index is 0.0343. The number of nitrogens with zero attached hydrogens (tertiary/aromatic N) is 4. The van der Waals surface area contributed by atoms with E-state index >= 15 is 0 Å². The van der Waals surface area contributed by atoms with Crippen LogP contribution in [0.5, 0.6) is 0 Å². The number of hydrogen-bond acceptors (Lipinski definition) is 7. The van der Waals surface area contributed by atoms with Gasteiger partial charge in [-0.3, -0.25) is 0 Å². The molecule has 1 aromatic carbocycles. The van der Waals surface area contributed by atoms with Crippen LogP contribution in [0.1, 0.15) is 12.0 Å². The lowest BCUT2D eigenvalue weighted by atomic mass is 9.95. The molecule has 1 aliphatic heterocycles. The molecule has 1 fully saturated rings. The lowest BCUT2D eigenvalue weighted by Gasteiger charge is -2.36. The van der Waals surface area contributed by atoms with Crippen molar-refractivity contribution in [2.45, 2.75) is 19.1 Å². The van der Waals surface area contributed by atoms with Gasteiger partial charge in [-0.15, -0.1) is 0 Å². The summed E-state index contributed by atoms with van der Waals surface area (Å²) in [4.78, 5) is 19.1. The Labute approximate surface area is 173 Å². The fourth-order valence-corrected chi connectivity index (χ4v) is 3.95. The summed E-state index contributed by atoms with van der Waals surface area (Å²) in [5.41, 5.74) is 3.56. The number of aliphatic hydroxyl groups is 2. The van der Waals surface area contributed by atoms with Gasteiger partial charge in [-0.1, -0.05) is 12.1 Å². The molecule has 3 aromatic heterocycles. The van der Waals surface area contributed by atoms with Crippen LogP contribution in [-0.4, -0.2) is 55.9 Å². The zero-order valence-corrected chi connectivity index (χ0v) is 16.5. The second kappa shape index (κ2) is 7.89. The molecule has 4 aromatic rings. The zero-order valence-electron chi connectivity index (χ0n) is 16.5. The highest BCUT2D eigenvalue weighted by Gasteiger charge is 2.28.